The Labute approximate surface area is 188 Å². The summed E-state index contributed by atoms with van der Waals surface area (Å²) in [7, 11) is 0. The van der Waals surface area contributed by atoms with Crippen LogP contribution in [-0.4, -0.2) is 36.4 Å². The van der Waals surface area contributed by atoms with E-state index in [2.05, 4.69) is 51.5 Å². The summed E-state index contributed by atoms with van der Waals surface area (Å²) < 4.78 is 1.96. The van der Waals surface area contributed by atoms with Gasteiger partial charge in [-0.05, 0) is 61.4 Å². The molecule has 0 bridgehead atoms. The molecule has 3 aromatic heterocycles. The zero-order chi connectivity index (χ0) is 21.8. The lowest BCUT2D eigenvalue weighted by molar-refractivity contribution is -0.113. The molecule has 0 aliphatic heterocycles. The molecule has 4 aromatic rings. The van der Waals surface area contributed by atoms with Crippen LogP contribution in [0.5, 0.6) is 0 Å². The van der Waals surface area contributed by atoms with E-state index in [-0.39, 0.29) is 11.7 Å². The van der Waals surface area contributed by atoms with Crippen LogP contribution in [0.1, 0.15) is 11.1 Å². The van der Waals surface area contributed by atoms with Crippen LogP contribution in [0.3, 0.4) is 0 Å². The molecule has 156 valence electrons. The smallest absolute Gasteiger partial charge is 0.236 e. The summed E-state index contributed by atoms with van der Waals surface area (Å²) in [5.41, 5.74) is 4.19. The average molecular weight is 451 g/mol. The number of aromatic nitrogens is 5. The van der Waals surface area contributed by atoms with Gasteiger partial charge in [-0.25, -0.2) is 4.98 Å². The molecule has 0 spiro atoms. The largest absolute Gasteiger partial charge is 0.310 e. The standard InChI is InChI=1S/C22H19ClN6OS/c1-14-3-5-18(11-15(14)2)29-21(16-7-9-24-10-8-16)27-28-22(29)31-13-20(30)26-19-6-4-17(23)12-25-19/h3-12H,13H2,1-2H3,(H,25,26,30). The molecular weight excluding hydrogens is 432 g/mol. The molecule has 9 heteroatoms. The second-order valence-corrected chi connectivity index (χ2v) is 8.22. The Hall–Kier alpha value is -3.23. The van der Waals surface area contributed by atoms with Crippen molar-refractivity contribution < 1.29 is 4.79 Å². The van der Waals surface area contributed by atoms with Gasteiger partial charge in [0.2, 0.25) is 5.91 Å². The lowest BCUT2D eigenvalue weighted by atomic mass is 10.1. The van der Waals surface area contributed by atoms with Gasteiger partial charge in [0.05, 0.1) is 16.5 Å². The molecule has 1 aromatic carbocycles. The maximum atomic E-state index is 12.4. The minimum absolute atomic E-state index is 0.156. The topological polar surface area (TPSA) is 85.6 Å². The monoisotopic (exact) mass is 450 g/mol. The summed E-state index contributed by atoms with van der Waals surface area (Å²) in [6.45, 7) is 4.13. The molecule has 1 N–H and O–H groups in total. The summed E-state index contributed by atoms with van der Waals surface area (Å²) >= 11 is 7.14. The number of thioether (sulfide) groups is 1. The highest BCUT2D eigenvalue weighted by molar-refractivity contribution is 7.99. The number of benzene rings is 1. The number of carbonyl (C=O) groups excluding carboxylic acids is 1. The van der Waals surface area contributed by atoms with E-state index in [4.69, 9.17) is 11.6 Å². The molecule has 31 heavy (non-hydrogen) atoms. The number of halogens is 1. The van der Waals surface area contributed by atoms with Crippen LogP contribution in [0.4, 0.5) is 5.82 Å². The highest BCUT2D eigenvalue weighted by atomic mass is 35.5. The summed E-state index contributed by atoms with van der Waals surface area (Å²) in [5, 5.41) is 12.6. The third-order valence-electron chi connectivity index (χ3n) is 4.65. The van der Waals surface area contributed by atoms with Gasteiger partial charge in [-0.3, -0.25) is 14.3 Å². The van der Waals surface area contributed by atoms with Crippen molar-refractivity contribution in [2.24, 2.45) is 0 Å². The molecule has 0 fully saturated rings. The molecule has 3 heterocycles. The van der Waals surface area contributed by atoms with Crippen LogP contribution in [-0.2, 0) is 4.79 Å². The summed E-state index contributed by atoms with van der Waals surface area (Å²) in [5.74, 6) is 1.10. The molecule has 0 aliphatic rings. The highest BCUT2D eigenvalue weighted by Gasteiger charge is 2.18. The number of amides is 1. The molecule has 0 atom stereocenters. The fraction of sp³-hybridized carbons (Fsp3) is 0.136. The molecule has 0 saturated heterocycles. The van der Waals surface area contributed by atoms with Crippen LogP contribution in [0.2, 0.25) is 5.02 Å². The predicted molar refractivity (Wildman–Crippen MR) is 123 cm³/mol. The molecular formula is C22H19ClN6OS. The number of rotatable bonds is 6. The zero-order valence-corrected chi connectivity index (χ0v) is 18.5. The van der Waals surface area contributed by atoms with Gasteiger partial charge in [0.25, 0.3) is 0 Å². The average Bonchev–Trinajstić information content (AvgIpc) is 3.20. The second-order valence-electron chi connectivity index (χ2n) is 6.84. The summed E-state index contributed by atoms with van der Waals surface area (Å²) in [6.07, 6.45) is 4.92. The Morgan fingerprint density at radius 2 is 1.87 bits per heavy atom. The SMILES string of the molecule is Cc1ccc(-n2c(SCC(=O)Nc3ccc(Cl)cn3)nnc2-c2ccncc2)cc1C. The Kier molecular flexibility index (Phi) is 6.29. The maximum absolute atomic E-state index is 12.4. The van der Waals surface area contributed by atoms with E-state index in [0.717, 1.165) is 16.8 Å². The predicted octanol–water partition coefficient (Wildman–Crippen LogP) is 4.73. The van der Waals surface area contributed by atoms with Gasteiger partial charge in [0.1, 0.15) is 5.82 Å². The number of nitrogens with one attached hydrogen (secondary N) is 1. The number of hydrogen-bond acceptors (Lipinski definition) is 6. The molecule has 4 rings (SSSR count). The number of carbonyl (C=O) groups is 1. The number of aryl methyl sites for hydroxylation is 2. The first-order chi connectivity index (χ1) is 15.0. The molecule has 0 aliphatic carbocycles. The number of nitrogens with zero attached hydrogens (tertiary/aromatic N) is 5. The van der Waals surface area contributed by atoms with Crippen LogP contribution in [0.15, 0.2) is 66.2 Å². The lowest BCUT2D eigenvalue weighted by Crippen LogP contribution is -2.15. The Bertz CT molecular complexity index is 1210. The zero-order valence-electron chi connectivity index (χ0n) is 16.9. The van der Waals surface area contributed by atoms with E-state index < -0.39 is 0 Å². The van der Waals surface area contributed by atoms with E-state index >= 15 is 0 Å². The van der Waals surface area contributed by atoms with Gasteiger partial charge in [-0.1, -0.05) is 29.4 Å². The van der Waals surface area contributed by atoms with Gasteiger partial charge in [-0.15, -0.1) is 10.2 Å². The fourth-order valence-corrected chi connectivity index (χ4v) is 3.77. The quantitative estimate of drug-likeness (QED) is 0.427. The number of pyridine rings is 2. The molecule has 1 amide bonds. The van der Waals surface area contributed by atoms with Crippen molar-refractivity contribution in [1.82, 2.24) is 24.7 Å². The van der Waals surface area contributed by atoms with Gasteiger partial charge in [0.15, 0.2) is 11.0 Å². The molecule has 0 saturated carbocycles. The maximum Gasteiger partial charge on any atom is 0.236 e. The molecule has 0 radical (unpaired) electrons. The molecule has 0 unspecified atom stereocenters. The normalized spacial score (nSPS) is 10.8. The first kappa shape index (κ1) is 21.0. The Balaban J connectivity index is 1.61. The van der Waals surface area contributed by atoms with E-state index in [1.165, 1.54) is 23.5 Å². The number of hydrogen-bond donors (Lipinski definition) is 1. The van der Waals surface area contributed by atoms with Gasteiger partial charge >= 0.3 is 0 Å². The Morgan fingerprint density at radius 3 is 2.58 bits per heavy atom. The molecule has 7 nitrogen and oxygen atoms in total. The summed E-state index contributed by atoms with van der Waals surface area (Å²) in [6, 6.07) is 13.3. The summed E-state index contributed by atoms with van der Waals surface area (Å²) in [4.78, 5) is 20.6. The van der Waals surface area contributed by atoms with Crippen molar-refractivity contribution in [3.63, 3.8) is 0 Å². The van der Waals surface area contributed by atoms with Crippen LogP contribution >= 0.6 is 23.4 Å². The van der Waals surface area contributed by atoms with E-state index in [9.17, 15) is 4.79 Å². The van der Waals surface area contributed by atoms with Gasteiger partial charge in [-0.2, -0.15) is 0 Å². The van der Waals surface area contributed by atoms with Crippen molar-refractivity contribution in [2.75, 3.05) is 11.1 Å². The minimum Gasteiger partial charge on any atom is -0.310 e. The van der Waals surface area contributed by atoms with Crippen LogP contribution < -0.4 is 5.32 Å². The van der Waals surface area contributed by atoms with E-state index in [1.807, 2.05) is 22.8 Å². The minimum atomic E-state index is -0.195. The Morgan fingerprint density at radius 1 is 1.06 bits per heavy atom. The van der Waals surface area contributed by atoms with Crippen molar-refractivity contribution in [3.8, 4) is 17.1 Å². The van der Waals surface area contributed by atoms with Gasteiger partial charge < -0.3 is 5.32 Å². The van der Waals surface area contributed by atoms with Crippen molar-refractivity contribution in [1.29, 1.82) is 0 Å². The van der Waals surface area contributed by atoms with Crippen molar-refractivity contribution in [2.45, 2.75) is 19.0 Å². The highest BCUT2D eigenvalue weighted by Crippen LogP contribution is 2.28. The van der Waals surface area contributed by atoms with Crippen LogP contribution in [0.25, 0.3) is 17.1 Å². The van der Waals surface area contributed by atoms with E-state index in [0.29, 0.717) is 21.8 Å². The lowest BCUT2D eigenvalue weighted by Gasteiger charge is -2.12. The van der Waals surface area contributed by atoms with Crippen molar-refractivity contribution >= 4 is 35.1 Å². The second kappa shape index (κ2) is 9.28. The van der Waals surface area contributed by atoms with Crippen LogP contribution in [0, 0.1) is 13.8 Å². The number of anilines is 1. The van der Waals surface area contributed by atoms with Gasteiger partial charge in [0, 0.05) is 24.2 Å². The first-order valence-corrected chi connectivity index (χ1v) is 10.9. The van der Waals surface area contributed by atoms with Crippen molar-refractivity contribution in [3.05, 3.63) is 77.2 Å². The first-order valence-electron chi connectivity index (χ1n) is 9.49. The third kappa shape index (κ3) is 4.92. The fourth-order valence-electron chi connectivity index (χ4n) is 2.91. The van der Waals surface area contributed by atoms with E-state index in [1.54, 1.807) is 24.5 Å². The third-order valence-corrected chi connectivity index (χ3v) is 5.80.